The van der Waals surface area contributed by atoms with Crippen LogP contribution < -0.4 is 4.74 Å². The Balaban J connectivity index is 1.55. The fourth-order valence-electron chi connectivity index (χ4n) is 4.03. The first-order valence-corrected chi connectivity index (χ1v) is 10.3. The monoisotopic (exact) mass is 383 g/mol. The van der Waals surface area contributed by atoms with Crippen LogP contribution in [-0.4, -0.2) is 54.0 Å². The van der Waals surface area contributed by atoms with Crippen molar-refractivity contribution in [2.24, 2.45) is 11.8 Å². The first kappa shape index (κ1) is 20.5. The molecule has 2 aromatic rings. The van der Waals surface area contributed by atoms with E-state index in [1.54, 1.807) is 7.11 Å². The molecule has 1 amide bonds. The first-order valence-electron chi connectivity index (χ1n) is 10.3. The standard InChI is InChI=1S/C23H33N3O2/c1-18(2)15-26(23(27)21-8-6-12-24-21)16-19-10-13-25(14-11-19)17-20-7-4-5-9-22(20)28-3/h4-9,12,18-19,24H,10-11,13-17H2,1-3H3. The number of hydrogen-bond acceptors (Lipinski definition) is 3. The fraction of sp³-hybridized carbons (Fsp3) is 0.522. The third kappa shape index (κ3) is 5.38. The molecule has 0 bridgehead atoms. The van der Waals surface area contributed by atoms with Crippen molar-refractivity contribution in [3.8, 4) is 5.75 Å². The molecule has 0 radical (unpaired) electrons. The smallest absolute Gasteiger partial charge is 0.270 e. The van der Waals surface area contributed by atoms with Gasteiger partial charge in [-0.25, -0.2) is 0 Å². The van der Waals surface area contributed by atoms with Crippen LogP contribution in [0.25, 0.3) is 0 Å². The largest absolute Gasteiger partial charge is 0.496 e. The van der Waals surface area contributed by atoms with Gasteiger partial charge in [0.15, 0.2) is 0 Å². The average molecular weight is 384 g/mol. The highest BCUT2D eigenvalue weighted by atomic mass is 16.5. The fourth-order valence-corrected chi connectivity index (χ4v) is 4.03. The molecule has 3 rings (SSSR count). The van der Waals surface area contributed by atoms with E-state index < -0.39 is 0 Å². The van der Waals surface area contributed by atoms with Crippen LogP contribution in [0.15, 0.2) is 42.6 Å². The lowest BCUT2D eigenvalue weighted by Gasteiger charge is -2.35. The lowest BCUT2D eigenvalue weighted by Crippen LogP contribution is -2.42. The Labute approximate surface area is 168 Å². The van der Waals surface area contributed by atoms with Crippen LogP contribution in [0.3, 0.4) is 0 Å². The van der Waals surface area contributed by atoms with Crippen LogP contribution in [0.1, 0.15) is 42.7 Å². The summed E-state index contributed by atoms with van der Waals surface area (Å²) in [4.78, 5) is 20.5. The Kier molecular flexibility index (Phi) is 7.15. The predicted octanol–water partition coefficient (Wildman–Crippen LogP) is 4.03. The first-order chi connectivity index (χ1) is 13.6. The zero-order valence-electron chi connectivity index (χ0n) is 17.4. The number of para-hydroxylation sites is 1. The van der Waals surface area contributed by atoms with E-state index in [0.717, 1.165) is 51.3 Å². The number of piperidine rings is 1. The van der Waals surface area contributed by atoms with Gasteiger partial charge < -0.3 is 14.6 Å². The highest BCUT2D eigenvalue weighted by molar-refractivity contribution is 5.92. The minimum absolute atomic E-state index is 0.121. The van der Waals surface area contributed by atoms with E-state index in [1.807, 2.05) is 35.4 Å². The maximum atomic E-state index is 12.9. The van der Waals surface area contributed by atoms with Crippen LogP contribution in [0.2, 0.25) is 0 Å². The Morgan fingerprint density at radius 2 is 1.96 bits per heavy atom. The summed E-state index contributed by atoms with van der Waals surface area (Å²) in [6.07, 6.45) is 4.07. The summed E-state index contributed by atoms with van der Waals surface area (Å²) in [6, 6.07) is 12.0. The molecule has 5 heteroatoms. The minimum atomic E-state index is 0.121. The molecule has 0 unspecified atom stereocenters. The van der Waals surface area contributed by atoms with Gasteiger partial charge in [-0.3, -0.25) is 9.69 Å². The number of hydrogen-bond donors (Lipinski definition) is 1. The van der Waals surface area contributed by atoms with Gasteiger partial charge >= 0.3 is 0 Å². The number of nitrogens with one attached hydrogen (secondary N) is 1. The molecule has 5 nitrogen and oxygen atoms in total. The third-order valence-electron chi connectivity index (χ3n) is 5.47. The van der Waals surface area contributed by atoms with Crippen LogP contribution in [-0.2, 0) is 6.54 Å². The third-order valence-corrected chi connectivity index (χ3v) is 5.47. The van der Waals surface area contributed by atoms with Gasteiger partial charge in [0, 0.05) is 31.4 Å². The molecule has 0 saturated carbocycles. The second-order valence-electron chi connectivity index (χ2n) is 8.22. The van der Waals surface area contributed by atoms with Gasteiger partial charge in [0.2, 0.25) is 0 Å². The molecule has 0 spiro atoms. The van der Waals surface area contributed by atoms with Crippen molar-refractivity contribution < 1.29 is 9.53 Å². The SMILES string of the molecule is COc1ccccc1CN1CCC(CN(CC(C)C)C(=O)c2ccc[nH]2)CC1. The Bertz CT molecular complexity index is 734. The molecule has 1 aromatic heterocycles. The predicted molar refractivity (Wildman–Crippen MR) is 113 cm³/mol. The highest BCUT2D eigenvalue weighted by Crippen LogP contribution is 2.24. The number of benzene rings is 1. The van der Waals surface area contributed by atoms with Gasteiger partial charge in [-0.15, -0.1) is 0 Å². The molecular formula is C23H33N3O2. The summed E-state index contributed by atoms with van der Waals surface area (Å²) in [5, 5.41) is 0. The second kappa shape index (κ2) is 9.78. The number of likely N-dealkylation sites (tertiary alicyclic amines) is 1. The molecule has 1 aromatic carbocycles. The van der Waals surface area contributed by atoms with Crippen molar-refractivity contribution in [2.75, 3.05) is 33.3 Å². The molecular weight excluding hydrogens is 350 g/mol. The summed E-state index contributed by atoms with van der Waals surface area (Å²) in [7, 11) is 1.73. The number of rotatable bonds is 8. The minimum Gasteiger partial charge on any atom is -0.496 e. The number of nitrogens with zero attached hydrogens (tertiary/aromatic N) is 2. The average Bonchev–Trinajstić information content (AvgIpc) is 3.23. The van der Waals surface area contributed by atoms with Gasteiger partial charge in [-0.05, 0) is 56.0 Å². The summed E-state index contributed by atoms with van der Waals surface area (Å²) in [5.74, 6) is 2.11. The molecule has 1 aliphatic heterocycles. The molecule has 28 heavy (non-hydrogen) atoms. The number of aromatic nitrogens is 1. The number of H-pyrrole nitrogens is 1. The lowest BCUT2D eigenvalue weighted by molar-refractivity contribution is 0.0658. The Morgan fingerprint density at radius 3 is 2.61 bits per heavy atom. The molecule has 152 valence electrons. The topological polar surface area (TPSA) is 48.6 Å². The van der Waals surface area contributed by atoms with E-state index >= 15 is 0 Å². The number of carbonyl (C=O) groups excluding carboxylic acids is 1. The van der Waals surface area contributed by atoms with Crippen LogP contribution in [0, 0.1) is 11.8 Å². The van der Waals surface area contributed by atoms with E-state index in [2.05, 4.69) is 35.9 Å². The number of methoxy groups -OCH3 is 1. The van der Waals surface area contributed by atoms with Crippen molar-refractivity contribution in [2.45, 2.75) is 33.2 Å². The van der Waals surface area contributed by atoms with E-state index in [0.29, 0.717) is 17.5 Å². The molecule has 0 aliphatic carbocycles. The number of amides is 1. The van der Waals surface area contributed by atoms with Gasteiger partial charge in [0.1, 0.15) is 11.4 Å². The maximum absolute atomic E-state index is 12.9. The molecule has 2 heterocycles. The Hall–Kier alpha value is -2.27. The summed E-state index contributed by atoms with van der Waals surface area (Å²) in [6.45, 7) is 9.05. The summed E-state index contributed by atoms with van der Waals surface area (Å²) >= 11 is 0. The quantitative estimate of drug-likeness (QED) is 0.749. The van der Waals surface area contributed by atoms with Crippen molar-refractivity contribution in [3.63, 3.8) is 0 Å². The van der Waals surface area contributed by atoms with Crippen LogP contribution >= 0.6 is 0 Å². The molecule has 1 aliphatic rings. The number of carbonyl (C=O) groups is 1. The van der Waals surface area contributed by atoms with E-state index in [4.69, 9.17) is 4.74 Å². The van der Waals surface area contributed by atoms with E-state index in [9.17, 15) is 4.79 Å². The van der Waals surface area contributed by atoms with Crippen molar-refractivity contribution >= 4 is 5.91 Å². The normalized spacial score (nSPS) is 15.7. The number of ether oxygens (including phenoxy) is 1. The molecule has 1 N–H and O–H groups in total. The summed E-state index contributed by atoms with van der Waals surface area (Å²) < 4.78 is 5.49. The van der Waals surface area contributed by atoms with Crippen LogP contribution in [0.5, 0.6) is 5.75 Å². The lowest BCUT2D eigenvalue weighted by atomic mass is 9.95. The van der Waals surface area contributed by atoms with E-state index in [1.165, 1.54) is 5.56 Å². The molecule has 0 atom stereocenters. The van der Waals surface area contributed by atoms with Gasteiger partial charge in [0.25, 0.3) is 5.91 Å². The second-order valence-corrected chi connectivity index (χ2v) is 8.22. The Morgan fingerprint density at radius 1 is 1.21 bits per heavy atom. The van der Waals surface area contributed by atoms with Crippen LogP contribution in [0.4, 0.5) is 0 Å². The van der Waals surface area contributed by atoms with E-state index in [-0.39, 0.29) is 5.91 Å². The summed E-state index contributed by atoms with van der Waals surface area (Å²) in [5.41, 5.74) is 1.93. The van der Waals surface area contributed by atoms with Crippen molar-refractivity contribution in [1.82, 2.24) is 14.8 Å². The molecule has 1 saturated heterocycles. The number of aromatic amines is 1. The zero-order valence-corrected chi connectivity index (χ0v) is 17.4. The van der Waals surface area contributed by atoms with Crippen molar-refractivity contribution in [1.29, 1.82) is 0 Å². The molecule has 1 fully saturated rings. The zero-order chi connectivity index (χ0) is 19.9. The van der Waals surface area contributed by atoms with Gasteiger partial charge in [-0.1, -0.05) is 32.0 Å². The maximum Gasteiger partial charge on any atom is 0.270 e. The highest BCUT2D eigenvalue weighted by Gasteiger charge is 2.25. The van der Waals surface area contributed by atoms with Crippen molar-refractivity contribution in [3.05, 3.63) is 53.9 Å². The van der Waals surface area contributed by atoms with Gasteiger partial charge in [0.05, 0.1) is 7.11 Å². The van der Waals surface area contributed by atoms with Gasteiger partial charge in [-0.2, -0.15) is 0 Å².